The van der Waals surface area contributed by atoms with Gasteiger partial charge in [-0.25, -0.2) is 0 Å². The van der Waals surface area contributed by atoms with Crippen LogP contribution in [0.1, 0.15) is 31.4 Å². The Kier molecular flexibility index (Phi) is 4.56. The molecule has 1 aromatic carbocycles. The van der Waals surface area contributed by atoms with Crippen molar-refractivity contribution in [3.8, 4) is 0 Å². The normalized spacial score (nSPS) is 16.8. The molecular formula is C16H24N2. The second kappa shape index (κ2) is 6.17. The van der Waals surface area contributed by atoms with Crippen LogP contribution in [0.25, 0.3) is 0 Å². The van der Waals surface area contributed by atoms with Crippen LogP contribution in [-0.4, -0.2) is 31.1 Å². The molecule has 0 bridgehead atoms. The SMILES string of the molecule is C=C(C)CN(C)C(CNC1CC1)c1ccccc1. The highest BCUT2D eigenvalue weighted by molar-refractivity contribution is 5.20. The maximum Gasteiger partial charge on any atom is 0.0473 e. The molecule has 0 heterocycles. The van der Waals surface area contributed by atoms with E-state index in [0.717, 1.165) is 19.1 Å². The molecule has 1 aliphatic carbocycles. The van der Waals surface area contributed by atoms with Gasteiger partial charge in [0.15, 0.2) is 0 Å². The zero-order valence-electron chi connectivity index (χ0n) is 11.5. The van der Waals surface area contributed by atoms with Gasteiger partial charge in [-0.05, 0) is 32.4 Å². The minimum atomic E-state index is 0.434. The highest BCUT2D eigenvalue weighted by Crippen LogP contribution is 2.23. The molecule has 0 aliphatic heterocycles. The molecule has 1 aromatic rings. The number of hydrogen-bond acceptors (Lipinski definition) is 2. The molecule has 0 aromatic heterocycles. The molecule has 98 valence electrons. The lowest BCUT2D eigenvalue weighted by molar-refractivity contribution is 0.256. The predicted molar refractivity (Wildman–Crippen MR) is 77.7 cm³/mol. The summed E-state index contributed by atoms with van der Waals surface area (Å²) in [4.78, 5) is 2.38. The zero-order chi connectivity index (χ0) is 13.0. The first-order valence-electron chi connectivity index (χ1n) is 6.80. The summed E-state index contributed by atoms with van der Waals surface area (Å²) in [6, 6.07) is 11.9. The van der Waals surface area contributed by atoms with E-state index in [9.17, 15) is 0 Å². The smallest absolute Gasteiger partial charge is 0.0473 e. The molecule has 0 amide bonds. The van der Waals surface area contributed by atoms with Gasteiger partial charge in [-0.1, -0.05) is 42.5 Å². The van der Waals surface area contributed by atoms with Crippen LogP contribution in [-0.2, 0) is 0 Å². The fraction of sp³-hybridized carbons (Fsp3) is 0.500. The molecule has 0 radical (unpaired) electrons. The third-order valence-corrected chi connectivity index (χ3v) is 3.41. The molecule has 2 heteroatoms. The molecule has 0 saturated heterocycles. The van der Waals surface area contributed by atoms with Crippen molar-refractivity contribution in [3.05, 3.63) is 48.0 Å². The number of rotatable bonds is 7. The van der Waals surface area contributed by atoms with E-state index in [0.29, 0.717) is 6.04 Å². The fourth-order valence-electron chi connectivity index (χ4n) is 2.31. The maximum atomic E-state index is 4.02. The van der Waals surface area contributed by atoms with Crippen LogP contribution in [0.2, 0.25) is 0 Å². The molecule has 2 nitrogen and oxygen atoms in total. The van der Waals surface area contributed by atoms with Crippen LogP contribution in [0.15, 0.2) is 42.5 Å². The van der Waals surface area contributed by atoms with E-state index in [-0.39, 0.29) is 0 Å². The first-order valence-corrected chi connectivity index (χ1v) is 6.80. The average molecular weight is 244 g/mol. The summed E-state index contributed by atoms with van der Waals surface area (Å²) in [5.41, 5.74) is 2.60. The Hall–Kier alpha value is -1.12. The van der Waals surface area contributed by atoms with Crippen molar-refractivity contribution in [1.82, 2.24) is 10.2 Å². The molecule has 1 atom stereocenters. The minimum absolute atomic E-state index is 0.434. The van der Waals surface area contributed by atoms with E-state index >= 15 is 0 Å². The molecule has 2 rings (SSSR count). The molecule has 0 spiro atoms. The van der Waals surface area contributed by atoms with Crippen molar-refractivity contribution < 1.29 is 0 Å². The van der Waals surface area contributed by atoms with Gasteiger partial charge in [0, 0.05) is 25.2 Å². The van der Waals surface area contributed by atoms with Crippen molar-refractivity contribution in [2.24, 2.45) is 0 Å². The van der Waals surface area contributed by atoms with Crippen LogP contribution in [0.5, 0.6) is 0 Å². The largest absolute Gasteiger partial charge is 0.312 e. The van der Waals surface area contributed by atoms with Crippen molar-refractivity contribution >= 4 is 0 Å². The molecule has 1 aliphatic rings. The number of benzene rings is 1. The second-order valence-electron chi connectivity index (χ2n) is 5.48. The van der Waals surface area contributed by atoms with Gasteiger partial charge in [0.05, 0.1) is 0 Å². The molecule has 1 N–H and O–H groups in total. The van der Waals surface area contributed by atoms with E-state index in [1.807, 2.05) is 0 Å². The Bertz CT molecular complexity index is 381. The Labute approximate surface area is 111 Å². The lowest BCUT2D eigenvalue weighted by Gasteiger charge is -2.29. The van der Waals surface area contributed by atoms with Crippen LogP contribution in [0, 0.1) is 0 Å². The van der Waals surface area contributed by atoms with Crippen molar-refractivity contribution in [2.45, 2.75) is 31.8 Å². The van der Waals surface area contributed by atoms with Gasteiger partial charge in [0.25, 0.3) is 0 Å². The van der Waals surface area contributed by atoms with Gasteiger partial charge in [-0.15, -0.1) is 0 Å². The van der Waals surface area contributed by atoms with Gasteiger partial charge in [0.1, 0.15) is 0 Å². The summed E-state index contributed by atoms with van der Waals surface area (Å²) in [5.74, 6) is 0. The van der Waals surface area contributed by atoms with Gasteiger partial charge in [-0.3, -0.25) is 4.90 Å². The summed E-state index contributed by atoms with van der Waals surface area (Å²) in [5, 5.41) is 3.64. The van der Waals surface area contributed by atoms with E-state index in [2.05, 4.69) is 61.1 Å². The standard InChI is InChI=1S/C16H24N2/c1-13(2)12-18(3)16(11-17-15-9-10-15)14-7-5-4-6-8-14/h4-8,15-17H,1,9-12H2,2-3H3. The van der Waals surface area contributed by atoms with Crippen LogP contribution < -0.4 is 5.32 Å². The summed E-state index contributed by atoms with van der Waals surface area (Å²) < 4.78 is 0. The van der Waals surface area contributed by atoms with Crippen LogP contribution in [0.4, 0.5) is 0 Å². The summed E-state index contributed by atoms with van der Waals surface area (Å²) in [7, 11) is 2.18. The molecule has 1 fully saturated rings. The Morgan fingerprint density at radius 3 is 2.61 bits per heavy atom. The third kappa shape index (κ3) is 3.97. The highest BCUT2D eigenvalue weighted by atomic mass is 15.2. The number of likely N-dealkylation sites (N-methyl/N-ethyl adjacent to an activating group) is 1. The quantitative estimate of drug-likeness (QED) is 0.742. The van der Waals surface area contributed by atoms with E-state index in [1.54, 1.807) is 0 Å². The number of hydrogen-bond donors (Lipinski definition) is 1. The van der Waals surface area contributed by atoms with Crippen LogP contribution >= 0.6 is 0 Å². The van der Waals surface area contributed by atoms with Crippen molar-refractivity contribution in [1.29, 1.82) is 0 Å². The van der Waals surface area contributed by atoms with Gasteiger partial charge in [-0.2, -0.15) is 0 Å². The lowest BCUT2D eigenvalue weighted by atomic mass is 10.1. The molecule has 1 unspecified atom stereocenters. The Morgan fingerprint density at radius 1 is 1.39 bits per heavy atom. The third-order valence-electron chi connectivity index (χ3n) is 3.41. The summed E-state index contributed by atoms with van der Waals surface area (Å²) in [6.45, 7) is 8.08. The Morgan fingerprint density at radius 2 is 2.06 bits per heavy atom. The van der Waals surface area contributed by atoms with Crippen molar-refractivity contribution in [3.63, 3.8) is 0 Å². The van der Waals surface area contributed by atoms with Crippen LogP contribution in [0.3, 0.4) is 0 Å². The Balaban J connectivity index is 2.03. The summed E-state index contributed by atoms with van der Waals surface area (Å²) >= 11 is 0. The average Bonchev–Trinajstić information content (AvgIpc) is 3.14. The zero-order valence-corrected chi connectivity index (χ0v) is 11.5. The molecule has 1 saturated carbocycles. The van der Waals surface area contributed by atoms with Gasteiger partial charge in [0.2, 0.25) is 0 Å². The van der Waals surface area contributed by atoms with Gasteiger partial charge >= 0.3 is 0 Å². The molecular weight excluding hydrogens is 220 g/mol. The minimum Gasteiger partial charge on any atom is -0.312 e. The molecule has 18 heavy (non-hydrogen) atoms. The van der Waals surface area contributed by atoms with Gasteiger partial charge < -0.3 is 5.32 Å². The van der Waals surface area contributed by atoms with E-state index < -0.39 is 0 Å². The highest BCUT2D eigenvalue weighted by Gasteiger charge is 2.24. The second-order valence-corrected chi connectivity index (χ2v) is 5.48. The predicted octanol–water partition coefficient (Wildman–Crippen LogP) is 2.99. The monoisotopic (exact) mass is 244 g/mol. The first-order chi connectivity index (χ1) is 8.66. The lowest BCUT2D eigenvalue weighted by Crippen LogP contribution is -2.35. The fourth-order valence-corrected chi connectivity index (χ4v) is 2.31. The van der Waals surface area contributed by atoms with Crippen molar-refractivity contribution in [2.75, 3.05) is 20.1 Å². The summed E-state index contributed by atoms with van der Waals surface area (Å²) in [6.07, 6.45) is 2.68. The van der Waals surface area contributed by atoms with E-state index in [4.69, 9.17) is 0 Å². The maximum absolute atomic E-state index is 4.02. The van der Waals surface area contributed by atoms with E-state index in [1.165, 1.54) is 24.0 Å². The number of nitrogens with zero attached hydrogens (tertiary/aromatic N) is 1. The first kappa shape index (κ1) is 13.3. The number of nitrogens with one attached hydrogen (secondary N) is 1. The topological polar surface area (TPSA) is 15.3 Å².